The van der Waals surface area contributed by atoms with E-state index in [2.05, 4.69) is 10.3 Å². The molecular weight excluding hydrogens is 352 g/mol. The van der Waals surface area contributed by atoms with Crippen molar-refractivity contribution in [2.24, 2.45) is 0 Å². The number of esters is 1. The molecule has 0 aliphatic rings. The minimum absolute atomic E-state index is 0.113. The van der Waals surface area contributed by atoms with E-state index in [1.807, 2.05) is 6.07 Å². The molecule has 0 spiro atoms. The van der Waals surface area contributed by atoms with Gasteiger partial charge in [0.15, 0.2) is 6.61 Å². The number of amides is 1. The number of halogens is 2. The molecule has 1 amide bonds. The quantitative estimate of drug-likeness (QED) is 0.626. The van der Waals surface area contributed by atoms with Crippen molar-refractivity contribution >= 4 is 29.3 Å². The number of benzene rings is 1. The third-order valence-electron chi connectivity index (χ3n) is 2.85. The number of rotatable bonds is 6. The van der Waals surface area contributed by atoms with E-state index in [4.69, 9.17) is 10.00 Å². The highest BCUT2D eigenvalue weighted by Gasteiger charge is 2.19. The lowest BCUT2D eigenvalue weighted by Crippen LogP contribution is -2.21. The summed E-state index contributed by atoms with van der Waals surface area (Å²) in [6.07, 6.45) is 1.27. The number of nitrogens with zero attached hydrogens (tertiary/aromatic N) is 2. The molecule has 9 heteroatoms. The summed E-state index contributed by atoms with van der Waals surface area (Å²) in [6.45, 7) is -0.633. The average Bonchev–Trinajstić information content (AvgIpc) is 2.60. The maximum absolute atomic E-state index is 12.5. The summed E-state index contributed by atoms with van der Waals surface area (Å²) in [5, 5.41) is 11.2. The SMILES string of the molecule is N#Cc1ccccc1NC(=O)COC(=O)c1cccnc1SC(F)F. The Balaban J connectivity index is 1.98. The van der Waals surface area contributed by atoms with Gasteiger partial charge in [-0.2, -0.15) is 14.0 Å². The fourth-order valence-corrected chi connectivity index (χ4v) is 2.38. The standard InChI is InChI=1S/C16H11F2N3O3S/c17-16(18)25-14-11(5-3-7-20-14)15(23)24-9-13(22)21-12-6-2-1-4-10(12)8-19/h1-7,16H,9H2,(H,21,22). The Kier molecular flexibility index (Phi) is 6.42. The Morgan fingerprint density at radius 3 is 2.76 bits per heavy atom. The van der Waals surface area contributed by atoms with Crippen LogP contribution in [0.1, 0.15) is 15.9 Å². The smallest absolute Gasteiger partial charge is 0.341 e. The molecule has 0 fully saturated rings. The summed E-state index contributed by atoms with van der Waals surface area (Å²) in [7, 11) is 0. The maximum atomic E-state index is 12.5. The van der Waals surface area contributed by atoms with E-state index in [-0.39, 0.29) is 33.6 Å². The van der Waals surface area contributed by atoms with Gasteiger partial charge < -0.3 is 10.1 Å². The second kappa shape index (κ2) is 8.75. The number of thioether (sulfide) groups is 1. The van der Waals surface area contributed by atoms with Crippen molar-refractivity contribution in [2.45, 2.75) is 10.8 Å². The number of anilines is 1. The number of para-hydroxylation sites is 1. The number of alkyl halides is 2. The van der Waals surface area contributed by atoms with Gasteiger partial charge in [-0.1, -0.05) is 12.1 Å². The molecule has 2 aromatic rings. The molecule has 25 heavy (non-hydrogen) atoms. The van der Waals surface area contributed by atoms with Gasteiger partial charge in [0, 0.05) is 6.20 Å². The van der Waals surface area contributed by atoms with Crippen molar-refractivity contribution in [3.63, 3.8) is 0 Å². The van der Waals surface area contributed by atoms with Gasteiger partial charge in [0.2, 0.25) is 0 Å². The molecule has 0 saturated carbocycles. The second-order valence-corrected chi connectivity index (χ2v) is 5.50. The summed E-state index contributed by atoms with van der Waals surface area (Å²) in [5.74, 6) is -4.35. The molecule has 1 heterocycles. The number of nitriles is 1. The number of carbonyl (C=O) groups excluding carboxylic acids is 2. The molecule has 128 valence electrons. The number of pyridine rings is 1. The van der Waals surface area contributed by atoms with Crippen LogP contribution < -0.4 is 5.32 Å². The zero-order chi connectivity index (χ0) is 18.2. The van der Waals surface area contributed by atoms with Crippen molar-refractivity contribution in [1.82, 2.24) is 4.98 Å². The highest BCUT2D eigenvalue weighted by Crippen LogP contribution is 2.26. The topological polar surface area (TPSA) is 92.1 Å². The Bertz CT molecular complexity index is 824. The monoisotopic (exact) mass is 363 g/mol. The predicted molar refractivity (Wildman–Crippen MR) is 86.2 cm³/mol. The van der Waals surface area contributed by atoms with E-state index in [9.17, 15) is 18.4 Å². The van der Waals surface area contributed by atoms with E-state index in [1.54, 1.807) is 12.1 Å². The number of hydrogen-bond acceptors (Lipinski definition) is 6. The minimum atomic E-state index is -2.74. The highest BCUT2D eigenvalue weighted by molar-refractivity contribution is 7.99. The third-order valence-corrected chi connectivity index (χ3v) is 3.57. The van der Waals surface area contributed by atoms with Gasteiger partial charge >= 0.3 is 5.97 Å². The molecule has 1 N–H and O–H groups in total. The zero-order valence-corrected chi connectivity index (χ0v) is 13.4. The fourth-order valence-electron chi connectivity index (χ4n) is 1.81. The van der Waals surface area contributed by atoms with Crippen LogP contribution >= 0.6 is 11.8 Å². The fraction of sp³-hybridized carbons (Fsp3) is 0.125. The zero-order valence-electron chi connectivity index (χ0n) is 12.6. The van der Waals surface area contributed by atoms with Crippen LogP contribution in [-0.2, 0) is 9.53 Å². The summed E-state index contributed by atoms with van der Waals surface area (Å²) >= 11 is 0.113. The lowest BCUT2D eigenvalue weighted by Gasteiger charge is -2.09. The molecule has 0 radical (unpaired) electrons. The molecule has 1 aromatic carbocycles. The molecule has 2 rings (SSSR count). The van der Waals surface area contributed by atoms with Crippen LogP contribution in [0.25, 0.3) is 0 Å². The van der Waals surface area contributed by atoms with Crippen molar-refractivity contribution in [3.8, 4) is 6.07 Å². The molecule has 0 saturated heterocycles. The van der Waals surface area contributed by atoms with Crippen molar-refractivity contribution in [3.05, 3.63) is 53.7 Å². The molecule has 1 aromatic heterocycles. The van der Waals surface area contributed by atoms with Crippen LogP contribution in [0.15, 0.2) is 47.6 Å². The van der Waals surface area contributed by atoms with Crippen LogP contribution in [0.4, 0.5) is 14.5 Å². The van der Waals surface area contributed by atoms with Crippen LogP contribution in [0.5, 0.6) is 0 Å². The van der Waals surface area contributed by atoms with E-state index >= 15 is 0 Å². The van der Waals surface area contributed by atoms with Crippen LogP contribution in [0.3, 0.4) is 0 Å². The number of nitrogens with one attached hydrogen (secondary N) is 1. The first-order valence-electron chi connectivity index (χ1n) is 6.87. The Hall–Kier alpha value is -2.99. The van der Waals surface area contributed by atoms with Gasteiger partial charge in [0.05, 0.1) is 16.8 Å². The number of aromatic nitrogens is 1. The van der Waals surface area contributed by atoms with Crippen molar-refractivity contribution < 1.29 is 23.1 Å². The van der Waals surface area contributed by atoms with Gasteiger partial charge in [-0.3, -0.25) is 4.79 Å². The van der Waals surface area contributed by atoms with Crippen LogP contribution in [-0.4, -0.2) is 29.2 Å². The summed E-state index contributed by atoms with van der Waals surface area (Å²) < 4.78 is 29.8. The van der Waals surface area contributed by atoms with Crippen molar-refractivity contribution in [1.29, 1.82) is 5.26 Å². The van der Waals surface area contributed by atoms with Gasteiger partial charge in [-0.15, -0.1) is 0 Å². The highest BCUT2D eigenvalue weighted by atomic mass is 32.2. The largest absolute Gasteiger partial charge is 0.452 e. The second-order valence-electron chi connectivity index (χ2n) is 4.52. The predicted octanol–water partition coefficient (Wildman–Crippen LogP) is 3.06. The maximum Gasteiger partial charge on any atom is 0.341 e. The first kappa shape index (κ1) is 18.4. The molecular formula is C16H11F2N3O3S. The summed E-state index contributed by atoms with van der Waals surface area (Å²) in [6, 6.07) is 10.9. The number of carbonyl (C=O) groups is 2. The third kappa shape index (κ3) is 5.26. The molecule has 0 atom stereocenters. The first-order chi connectivity index (χ1) is 12.0. The molecule has 0 unspecified atom stereocenters. The number of ether oxygens (including phenoxy) is 1. The minimum Gasteiger partial charge on any atom is -0.452 e. The summed E-state index contributed by atoms with van der Waals surface area (Å²) in [4.78, 5) is 27.5. The molecule has 0 aliphatic carbocycles. The van der Waals surface area contributed by atoms with E-state index < -0.39 is 24.2 Å². The lowest BCUT2D eigenvalue weighted by atomic mass is 10.2. The van der Waals surface area contributed by atoms with E-state index in [0.29, 0.717) is 0 Å². The molecule has 6 nitrogen and oxygen atoms in total. The van der Waals surface area contributed by atoms with E-state index in [1.165, 1.54) is 30.5 Å². The van der Waals surface area contributed by atoms with Crippen molar-refractivity contribution in [2.75, 3.05) is 11.9 Å². The van der Waals surface area contributed by atoms with Gasteiger partial charge in [0.1, 0.15) is 11.1 Å². The van der Waals surface area contributed by atoms with Crippen LogP contribution in [0.2, 0.25) is 0 Å². The summed E-state index contributed by atoms with van der Waals surface area (Å²) in [5.41, 5.74) is 0.379. The lowest BCUT2D eigenvalue weighted by molar-refractivity contribution is -0.119. The molecule has 0 aliphatic heterocycles. The Labute approximate surface area is 145 Å². The number of hydrogen-bond donors (Lipinski definition) is 1. The van der Waals surface area contributed by atoms with Gasteiger partial charge in [-0.05, 0) is 36.0 Å². The average molecular weight is 363 g/mol. The van der Waals surface area contributed by atoms with Gasteiger partial charge in [-0.25, -0.2) is 9.78 Å². The molecule has 0 bridgehead atoms. The van der Waals surface area contributed by atoms with Crippen LogP contribution in [0, 0.1) is 11.3 Å². The van der Waals surface area contributed by atoms with E-state index in [0.717, 1.165) is 0 Å². The normalized spacial score (nSPS) is 10.2. The van der Waals surface area contributed by atoms with Gasteiger partial charge in [0.25, 0.3) is 11.7 Å². The Morgan fingerprint density at radius 1 is 1.28 bits per heavy atom. The first-order valence-corrected chi connectivity index (χ1v) is 7.75. The Morgan fingerprint density at radius 2 is 2.04 bits per heavy atom.